The molecule has 0 unspecified atom stereocenters. The normalized spacial score (nSPS) is 10.6. The number of benzene rings is 1. The summed E-state index contributed by atoms with van der Waals surface area (Å²) < 4.78 is 0. The molecule has 3 aromatic rings. The van der Waals surface area contributed by atoms with Gasteiger partial charge in [0.15, 0.2) is 11.6 Å². The molecule has 0 atom stereocenters. The molecule has 0 aliphatic carbocycles. The minimum absolute atomic E-state index is 0.110. The first kappa shape index (κ1) is 18.0. The standard InChI is InChI=1S/C19H19N5OS/c1-11-10-12(2)21-19(20-11)24-17-15(13(3)25)18(26-4)23-16(22-17)14-8-6-5-7-9-14/h5-10H,1-4H3,(H,20,21,22,23,24). The molecule has 132 valence electrons. The highest BCUT2D eigenvalue weighted by Gasteiger charge is 2.19. The predicted octanol–water partition coefficient (Wildman–Crippen LogP) is 4.22. The van der Waals surface area contributed by atoms with Crippen molar-refractivity contribution >= 4 is 29.3 Å². The highest BCUT2D eigenvalue weighted by atomic mass is 32.2. The summed E-state index contributed by atoms with van der Waals surface area (Å²) in [4.78, 5) is 30.2. The Morgan fingerprint density at radius 2 is 1.65 bits per heavy atom. The fourth-order valence-electron chi connectivity index (χ4n) is 2.60. The molecule has 0 fully saturated rings. The van der Waals surface area contributed by atoms with Crippen molar-refractivity contribution in [2.45, 2.75) is 25.8 Å². The lowest BCUT2D eigenvalue weighted by Gasteiger charge is -2.13. The zero-order valence-corrected chi connectivity index (χ0v) is 15.9. The molecule has 2 aromatic heterocycles. The van der Waals surface area contributed by atoms with Crippen molar-refractivity contribution in [1.29, 1.82) is 0 Å². The van der Waals surface area contributed by atoms with Crippen LogP contribution >= 0.6 is 11.8 Å². The maximum Gasteiger partial charge on any atom is 0.228 e. The van der Waals surface area contributed by atoms with Crippen molar-refractivity contribution in [3.8, 4) is 11.4 Å². The number of ketones is 1. The van der Waals surface area contributed by atoms with Gasteiger partial charge in [-0.1, -0.05) is 30.3 Å². The number of rotatable bonds is 5. The quantitative estimate of drug-likeness (QED) is 0.412. The molecule has 2 heterocycles. The van der Waals surface area contributed by atoms with Crippen LogP contribution in [-0.4, -0.2) is 32.0 Å². The van der Waals surface area contributed by atoms with E-state index in [2.05, 4.69) is 25.3 Å². The molecule has 0 bridgehead atoms. The van der Waals surface area contributed by atoms with Crippen molar-refractivity contribution in [3.05, 3.63) is 53.3 Å². The minimum atomic E-state index is -0.110. The number of thioether (sulfide) groups is 1. The van der Waals surface area contributed by atoms with E-state index in [1.54, 1.807) is 0 Å². The molecule has 26 heavy (non-hydrogen) atoms. The molecule has 0 aliphatic rings. The Morgan fingerprint density at radius 1 is 1.00 bits per heavy atom. The van der Waals surface area contributed by atoms with Gasteiger partial charge in [0, 0.05) is 17.0 Å². The van der Waals surface area contributed by atoms with E-state index in [0.717, 1.165) is 17.0 Å². The summed E-state index contributed by atoms with van der Waals surface area (Å²) in [5, 5.41) is 3.74. The van der Waals surface area contributed by atoms with Gasteiger partial charge in [0.05, 0.1) is 5.56 Å². The molecule has 0 aliphatic heterocycles. The molecule has 0 radical (unpaired) electrons. The summed E-state index contributed by atoms with van der Waals surface area (Å²) in [6, 6.07) is 11.5. The lowest BCUT2D eigenvalue weighted by Crippen LogP contribution is -2.10. The average Bonchev–Trinajstić information content (AvgIpc) is 2.60. The number of hydrogen-bond acceptors (Lipinski definition) is 7. The Kier molecular flexibility index (Phi) is 5.27. The Labute approximate surface area is 156 Å². The Balaban J connectivity index is 2.16. The second kappa shape index (κ2) is 7.61. The molecule has 1 aromatic carbocycles. The smallest absolute Gasteiger partial charge is 0.228 e. The summed E-state index contributed by atoms with van der Waals surface area (Å²) >= 11 is 1.41. The van der Waals surface area contributed by atoms with Gasteiger partial charge in [0.25, 0.3) is 0 Å². The van der Waals surface area contributed by atoms with Gasteiger partial charge in [0.1, 0.15) is 10.8 Å². The molecule has 0 amide bonds. The molecule has 3 rings (SSSR count). The van der Waals surface area contributed by atoms with Crippen LogP contribution in [0.2, 0.25) is 0 Å². The highest BCUT2D eigenvalue weighted by Crippen LogP contribution is 2.29. The van der Waals surface area contributed by atoms with Crippen LogP contribution in [0.25, 0.3) is 11.4 Å². The van der Waals surface area contributed by atoms with Crippen LogP contribution in [0.15, 0.2) is 41.4 Å². The van der Waals surface area contributed by atoms with Crippen LogP contribution in [0.4, 0.5) is 11.8 Å². The van der Waals surface area contributed by atoms with Gasteiger partial charge < -0.3 is 5.32 Å². The SMILES string of the molecule is CSc1nc(-c2ccccc2)nc(Nc2nc(C)cc(C)n2)c1C(C)=O. The number of aromatic nitrogens is 4. The third-order valence-corrected chi connectivity index (χ3v) is 4.35. The van der Waals surface area contributed by atoms with Crippen LogP contribution < -0.4 is 5.32 Å². The molecule has 0 saturated heterocycles. The zero-order chi connectivity index (χ0) is 18.7. The van der Waals surface area contributed by atoms with E-state index in [-0.39, 0.29) is 5.78 Å². The maximum absolute atomic E-state index is 12.2. The number of nitrogens with zero attached hydrogens (tertiary/aromatic N) is 4. The maximum atomic E-state index is 12.2. The summed E-state index contributed by atoms with van der Waals surface area (Å²) in [6.45, 7) is 5.30. The van der Waals surface area contributed by atoms with Gasteiger partial charge in [0.2, 0.25) is 5.95 Å². The van der Waals surface area contributed by atoms with E-state index in [1.807, 2.05) is 56.5 Å². The Morgan fingerprint density at radius 3 is 2.23 bits per heavy atom. The fourth-order valence-corrected chi connectivity index (χ4v) is 3.22. The second-order valence-corrected chi connectivity index (χ2v) is 6.60. The summed E-state index contributed by atoms with van der Waals surface area (Å²) in [5.41, 5.74) is 3.00. The van der Waals surface area contributed by atoms with Crippen LogP contribution in [0.1, 0.15) is 28.7 Å². The van der Waals surface area contributed by atoms with Crippen LogP contribution in [-0.2, 0) is 0 Å². The van der Waals surface area contributed by atoms with Crippen molar-refractivity contribution in [2.24, 2.45) is 0 Å². The topological polar surface area (TPSA) is 80.7 Å². The third-order valence-electron chi connectivity index (χ3n) is 3.67. The minimum Gasteiger partial charge on any atom is -0.308 e. The average molecular weight is 365 g/mol. The first-order valence-corrected chi connectivity index (χ1v) is 9.32. The van der Waals surface area contributed by atoms with Crippen molar-refractivity contribution in [1.82, 2.24) is 19.9 Å². The Hall–Kier alpha value is -2.80. The van der Waals surface area contributed by atoms with Gasteiger partial charge in [-0.3, -0.25) is 4.79 Å². The van der Waals surface area contributed by atoms with E-state index in [4.69, 9.17) is 0 Å². The first-order chi connectivity index (χ1) is 12.5. The highest BCUT2D eigenvalue weighted by molar-refractivity contribution is 7.98. The van der Waals surface area contributed by atoms with E-state index < -0.39 is 0 Å². The van der Waals surface area contributed by atoms with Gasteiger partial charge in [-0.05, 0) is 33.1 Å². The number of hydrogen-bond donors (Lipinski definition) is 1. The van der Waals surface area contributed by atoms with E-state index in [0.29, 0.717) is 28.2 Å². The molecule has 7 heteroatoms. The number of carbonyl (C=O) groups excluding carboxylic acids is 1. The summed E-state index contributed by atoms with van der Waals surface area (Å²) in [7, 11) is 0. The van der Waals surface area contributed by atoms with E-state index >= 15 is 0 Å². The monoisotopic (exact) mass is 365 g/mol. The first-order valence-electron chi connectivity index (χ1n) is 8.09. The number of nitrogens with one attached hydrogen (secondary N) is 1. The molecule has 0 saturated carbocycles. The van der Waals surface area contributed by atoms with Gasteiger partial charge in [-0.15, -0.1) is 11.8 Å². The molecule has 0 spiro atoms. The van der Waals surface area contributed by atoms with Crippen molar-refractivity contribution < 1.29 is 4.79 Å². The zero-order valence-electron chi connectivity index (χ0n) is 15.1. The number of Topliss-reactive ketones (excluding diaryl/α,β-unsaturated/α-hetero) is 1. The fraction of sp³-hybridized carbons (Fsp3) is 0.211. The molecular weight excluding hydrogens is 346 g/mol. The molecular formula is C19H19N5OS. The van der Waals surface area contributed by atoms with Crippen LogP contribution in [0.5, 0.6) is 0 Å². The molecule has 6 nitrogen and oxygen atoms in total. The van der Waals surface area contributed by atoms with Gasteiger partial charge >= 0.3 is 0 Å². The van der Waals surface area contributed by atoms with Gasteiger partial charge in [-0.2, -0.15) is 0 Å². The lowest BCUT2D eigenvalue weighted by atomic mass is 10.2. The number of anilines is 2. The predicted molar refractivity (Wildman–Crippen MR) is 104 cm³/mol. The Bertz CT molecular complexity index is 939. The summed E-state index contributed by atoms with van der Waals surface area (Å²) in [6.07, 6.45) is 1.89. The largest absolute Gasteiger partial charge is 0.308 e. The third kappa shape index (κ3) is 3.88. The second-order valence-electron chi connectivity index (χ2n) is 5.80. The van der Waals surface area contributed by atoms with Gasteiger partial charge in [-0.25, -0.2) is 19.9 Å². The lowest BCUT2D eigenvalue weighted by molar-refractivity contribution is 0.101. The summed E-state index contributed by atoms with van der Waals surface area (Å²) in [5.74, 6) is 1.27. The van der Waals surface area contributed by atoms with E-state index in [9.17, 15) is 4.79 Å². The molecule has 1 N–H and O–H groups in total. The number of aryl methyl sites for hydroxylation is 2. The van der Waals surface area contributed by atoms with Crippen LogP contribution in [0.3, 0.4) is 0 Å². The van der Waals surface area contributed by atoms with E-state index in [1.165, 1.54) is 18.7 Å². The van der Waals surface area contributed by atoms with Crippen molar-refractivity contribution in [3.63, 3.8) is 0 Å². The van der Waals surface area contributed by atoms with Crippen molar-refractivity contribution in [2.75, 3.05) is 11.6 Å². The van der Waals surface area contributed by atoms with Crippen LogP contribution in [0, 0.1) is 13.8 Å². The number of carbonyl (C=O) groups is 1.